The molecule has 0 amide bonds. The summed E-state index contributed by atoms with van der Waals surface area (Å²) < 4.78 is 32.7. The van der Waals surface area contributed by atoms with Crippen LogP contribution in [0.15, 0.2) is 4.99 Å². The zero-order valence-corrected chi connectivity index (χ0v) is 33.2. The van der Waals surface area contributed by atoms with Gasteiger partial charge in [0.05, 0.1) is 42.0 Å². The van der Waals surface area contributed by atoms with E-state index in [1.54, 1.807) is 20.9 Å². The molecule has 17 atom stereocenters. The highest BCUT2D eigenvalue weighted by Gasteiger charge is 2.52. The van der Waals surface area contributed by atoms with Crippen molar-refractivity contribution < 1.29 is 43.8 Å². The van der Waals surface area contributed by atoms with Gasteiger partial charge in [-0.15, -0.1) is 0 Å². The third-order valence-electron chi connectivity index (χ3n) is 12.8. The average molecular weight is 698 g/mol. The van der Waals surface area contributed by atoms with Gasteiger partial charge in [-0.1, -0.05) is 62.3 Å². The van der Waals surface area contributed by atoms with Gasteiger partial charge in [-0.2, -0.15) is 0 Å². The monoisotopic (exact) mass is 698 g/mol. The molecule has 286 valence electrons. The quantitative estimate of drug-likeness (QED) is 0.289. The number of carbonyl (C=O) groups is 1. The summed E-state index contributed by atoms with van der Waals surface area (Å²) in [6.45, 7) is 27.6. The van der Waals surface area contributed by atoms with Gasteiger partial charge in [-0.25, -0.2) is 0 Å². The Morgan fingerprint density at radius 2 is 1.49 bits per heavy atom. The van der Waals surface area contributed by atoms with Crippen LogP contribution in [-0.4, -0.2) is 94.5 Å². The van der Waals surface area contributed by atoms with E-state index in [-0.39, 0.29) is 42.3 Å². The maximum Gasteiger partial charge on any atom is 0.311 e. The molecule has 0 aliphatic carbocycles. The van der Waals surface area contributed by atoms with E-state index < -0.39 is 71.9 Å². The molecule has 3 aliphatic heterocycles. The fourth-order valence-electron chi connectivity index (χ4n) is 8.90. The van der Waals surface area contributed by atoms with Gasteiger partial charge in [0, 0.05) is 36.9 Å². The average Bonchev–Trinajstić information content (AvgIpc) is 3.00. The highest BCUT2D eigenvalue weighted by molar-refractivity contribution is 5.89. The lowest BCUT2D eigenvalue weighted by molar-refractivity contribution is -0.300. The summed E-state index contributed by atoms with van der Waals surface area (Å²) in [5.74, 6) is -2.14. The van der Waals surface area contributed by atoms with Crippen molar-refractivity contribution in [2.24, 2.45) is 51.8 Å². The van der Waals surface area contributed by atoms with Crippen LogP contribution in [-0.2, 0) is 28.5 Å². The van der Waals surface area contributed by atoms with E-state index in [9.17, 15) is 20.1 Å². The van der Waals surface area contributed by atoms with Gasteiger partial charge in [-0.05, 0) is 77.0 Å². The van der Waals surface area contributed by atoms with Crippen molar-refractivity contribution in [2.75, 3.05) is 7.05 Å². The highest BCUT2D eigenvalue weighted by atomic mass is 16.7. The van der Waals surface area contributed by atoms with Crippen LogP contribution in [0.3, 0.4) is 0 Å². The van der Waals surface area contributed by atoms with E-state index in [1.807, 2.05) is 41.5 Å². The van der Waals surface area contributed by atoms with Crippen LogP contribution in [0.5, 0.6) is 0 Å². The smallest absolute Gasteiger partial charge is 0.311 e. The Hall–Kier alpha value is -1.14. The number of hydrogen-bond donors (Lipinski definition) is 3. The molecular weight excluding hydrogens is 626 g/mol. The van der Waals surface area contributed by atoms with Crippen molar-refractivity contribution in [1.82, 2.24) is 0 Å². The van der Waals surface area contributed by atoms with Crippen molar-refractivity contribution in [1.29, 1.82) is 0 Å². The van der Waals surface area contributed by atoms with Crippen molar-refractivity contribution >= 4 is 11.7 Å². The number of rotatable bonds is 5. The minimum Gasteiger partial charge on any atom is -0.459 e. The zero-order valence-electron chi connectivity index (χ0n) is 33.2. The third-order valence-corrected chi connectivity index (χ3v) is 12.8. The Kier molecular flexibility index (Phi) is 14.0. The molecule has 3 heterocycles. The van der Waals surface area contributed by atoms with Crippen molar-refractivity contribution in [3.05, 3.63) is 0 Å². The second kappa shape index (κ2) is 16.3. The molecule has 10 nitrogen and oxygen atoms in total. The van der Waals surface area contributed by atoms with E-state index in [1.165, 1.54) is 6.92 Å². The van der Waals surface area contributed by atoms with E-state index in [4.69, 9.17) is 23.7 Å². The Balaban J connectivity index is 2.18. The molecule has 0 bridgehead atoms. The summed E-state index contributed by atoms with van der Waals surface area (Å²) in [7, 11) is 1.66. The molecule has 3 N–H and O–H groups in total. The normalized spacial score (nSPS) is 50.0. The molecule has 0 aromatic heterocycles. The summed E-state index contributed by atoms with van der Waals surface area (Å²) in [5, 5.41) is 35.9. The standard InChI is InChI=1S/C39H71NO9/c1-16-29-39(14,44)33(41)24(6)31(40-15)21(3)18-38(13,43)34(49-36-23(5)20(2)17-22(4)45-36)25(7)32(26(8)35(42)47-29)48-30-19-37(11,12)27(9)28(10)46-30/h20-30,32-34,36,41,43-44H,16-19H2,1-15H3/t20-,21-,22+,23+,24-,25-,26+,27-,28-,29+,30-,32?,33+,34+,36?,38-,39+/m0/s1. The van der Waals surface area contributed by atoms with Crippen LogP contribution in [0, 0.1) is 46.8 Å². The second-order valence-corrected chi connectivity index (χ2v) is 17.3. The summed E-state index contributed by atoms with van der Waals surface area (Å²) in [6.07, 6.45) is -3.16. The maximum atomic E-state index is 14.2. The molecule has 0 aromatic rings. The highest BCUT2D eigenvalue weighted by Crippen LogP contribution is 2.44. The zero-order chi connectivity index (χ0) is 37.4. The molecule has 49 heavy (non-hydrogen) atoms. The Morgan fingerprint density at radius 1 is 0.878 bits per heavy atom. The number of aliphatic hydroxyl groups excluding tert-OH is 1. The Morgan fingerprint density at radius 3 is 2.04 bits per heavy atom. The van der Waals surface area contributed by atoms with Gasteiger partial charge in [0.25, 0.3) is 0 Å². The second-order valence-electron chi connectivity index (χ2n) is 17.3. The van der Waals surface area contributed by atoms with Gasteiger partial charge in [0.15, 0.2) is 12.6 Å². The van der Waals surface area contributed by atoms with Crippen LogP contribution in [0.1, 0.15) is 123 Å². The summed E-state index contributed by atoms with van der Waals surface area (Å²) in [6, 6.07) is 0. The van der Waals surface area contributed by atoms with Crippen molar-refractivity contribution in [3.8, 4) is 0 Å². The first kappa shape index (κ1) is 42.3. The lowest BCUT2D eigenvalue weighted by Gasteiger charge is -2.49. The topological polar surface area (TPSA) is 136 Å². The summed E-state index contributed by atoms with van der Waals surface area (Å²) >= 11 is 0. The number of hydrogen-bond acceptors (Lipinski definition) is 10. The van der Waals surface area contributed by atoms with E-state index in [0.717, 1.165) is 6.42 Å². The predicted molar refractivity (Wildman–Crippen MR) is 191 cm³/mol. The number of carbonyl (C=O) groups excluding carboxylic acids is 1. The van der Waals surface area contributed by atoms with Crippen LogP contribution in [0.2, 0.25) is 0 Å². The Labute approximate surface area is 297 Å². The number of cyclic esters (lactones) is 1. The number of aliphatic hydroxyl groups is 3. The Bertz CT molecular complexity index is 1120. The first-order chi connectivity index (χ1) is 22.5. The molecule has 0 radical (unpaired) electrons. The predicted octanol–water partition coefficient (Wildman–Crippen LogP) is 6.16. The van der Waals surface area contributed by atoms with Crippen LogP contribution >= 0.6 is 0 Å². The largest absolute Gasteiger partial charge is 0.459 e. The van der Waals surface area contributed by atoms with Gasteiger partial charge < -0.3 is 39.0 Å². The van der Waals surface area contributed by atoms with Gasteiger partial charge in [-0.3, -0.25) is 9.79 Å². The number of ether oxygens (including phenoxy) is 5. The first-order valence-corrected chi connectivity index (χ1v) is 18.9. The molecule has 0 spiro atoms. The fraction of sp³-hybridized carbons (Fsp3) is 0.949. The third kappa shape index (κ3) is 9.27. The molecule has 3 aliphatic rings. The minimum atomic E-state index is -1.77. The van der Waals surface area contributed by atoms with Gasteiger partial charge in [0.1, 0.15) is 11.7 Å². The van der Waals surface area contributed by atoms with Crippen LogP contribution < -0.4 is 0 Å². The molecule has 10 heteroatoms. The van der Waals surface area contributed by atoms with Crippen LogP contribution in [0.4, 0.5) is 0 Å². The van der Waals surface area contributed by atoms with Crippen molar-refractivity contribution in [2.45, 2.75) is 183 Å². The maximum absolute atomic E-state index is 14.2. The number of nitrogens with zero attached hydrogens (tertiary/aromatic N) is 1. The van der Waals surface area contributed by atoms with E-state index >= 15 is 0 Å². The molecule has 3 fully saturated rings. The van der Waals surface area contributed by atoms with Gasteiger partial charge >= 0.3 is 5.97 Å². The lowest BCUT2D eigenvalue weighted by Crippen LogP contribution is -2.59. The number of esters is 1. The molecule has 3 saturated heterocycles. The summed E-state index contributed by atoms with van der Waals surface area (Å²) in [5.41, 5.74) is -2.67. The number of aliphatic imine (C=N–C) groups is 1. The van der Waals surface area contributed by atoms with E-state index in [0.29, 0.717) is 24.0 Å². The molecule has 0 saturated carbocycles. The minimum absolute atomic E-state index is 0.0175. The summed E-state index contributed by atoms with van der Waals surface area (Å²) in [4.78, 5) is 18.7. The van der Waals surface area contributed by atoms with E-state index in [2.05, 4.69) is 39.6 Å². The SMILES string of the molecule is CC[C@H]1OC(=O)[C@H](C)C(O[C@H]2CC(C)(C)[C@@H](C)[C@H](C)O2)[C@H](C)[C@@H](OC2O[C@H](C)C[C@H](C)[C@H]2C)[C@@](C)(O)C[C@H](C)C(=NC)[C@H](C)[C@@H](O)[C@]1(C)O. The molecule has 2 unspecified atom stereocenters. The van der Waals surface area contributed by atoms with Gasteiger partial charge in [0.2, 0.25) is 0 Å². The fourth-order valence-corrected chi connectivity index (χ4v) is 8.90. The van der Waals surface area contributed by atoms with Crippen LogP contribution in [0.25, 0.3) is 0 Å². The van der Waals surface area contributed by atoms with Crippen molar-refractivity contribution in [3.63, 3.8) is 0 Å². The molecule has 0 aromatic carbocycles. The lowest BCUT2D eigenvalue weighted by atomic mass is 9.72. The molecular formula is C39H71NO9. The first-order valence-electron chi connectivity index (χ1n) is 18.9. The molecule has 3 rings (SSSR count).